The van der Waals surface area contributed by atoms with Crippen molar-refractivity contribution in [3.8, 4) is 6.07 Å². The molecular formula is C21H20FN3O4. The highest BCUT2D eigenvalue weighted by molar-refractivity contribution is 5.90. The summed E-state index contributed by atoms with van der Waals surface area (Å²) in [5.41, 5.74) is 1.68. The van der Waals surface area contributed by atoms with E-state index in [4.69, 9.17) is 5.26 Å². The lowest BCUT2D eigenvalue weighted by Crippen LogP contribution is -2.52. The molecule has 0 aromatic heterocycles. The zero-order chi connectivity index (χ0) is 21.4. The van der Waals surface area contributed by atoms with Crippen molar-refractivity contribution in [3.63, 3.8) is 0 Å². The molecule has 0 heterocycles. The summed E-state index contributed by atoms with van der Waals surface area (Å²) in [5, 5.41) is 23.2. The van der Waals surface area contributed by atoms with Crippen molar-refractivity contribution in [1.29, 1.82) is 5.26 Å². The number of nitrogens with one attached hydrogen (secondary N) is 2. The van der Waals surface area contributed by atoms with Crippen molar-refractivity contribution in [2.45, 2.75) is 31.8 Å². The topological polar surface area (TPSA) is 119 Å². The summed E-state index contributed by atoms with van der Waals surface area (Å²) >= 11 is 0. The van der Waals surface area contributed by atoms with Gasteiger partial charge in [0, 0.05) is 19.8 Å². The van der Waals surface area contributed by atoms with E-state index in [1.54, 1.807) is 24.3 Å². The Morgan fingerprint density at radius 2 is 1.48 bits per heavy atom. The number of hydrogen-bond acceptors (Lipinski definition) is 4. The minimum atomic E-state index is -1.23. The molecule has 0 fully saturated rings. The van der Waals surface area contributed by atoms with Gasteiger partial charge in [0.1, 0.15) is 17.9 Å². The molecule has 2 aromatic rings. The van der Waals surface area contributed by atoms with Crippen LogP contribution >= 0.6 is 0 Å². The van der Waals surface area contributed by atoms with Gasteiger partial charge in [0.05, 0.1) is 11.6 Å². The number of amides is 2. The van der Waals surface area contributed by atoms with E-state index >= 15 is 0 Å². The number of nitriles is 1. The van der Waals surface area contributed by atoms with Crippen molar-refractivity contribution < 1.29 is 23.9 Å². The van der Waals surface area contributed by atoms with Gasteiger partial charge in [-0.1, -0.05) is 24.3 Å². The summed E-state index contributed by atoms with van der Waals surface area (Å²) in [6.45, 7) is 1.25. The first-order valence-corrected chi connectivity index (χ1v) is 8.82. The molecule has 2 rings (SSSR count). The van der Waals surface area contributed by atoms with Crippen LogP contribution in [0.5, 0.6) is 0 Å². The maximum atomic E-state index is 13.1. The van der Waals surface area contributed by atoms with Crippen molar-refractivity contribution in [3.05, 3.63) is 71.0 Å². The summed E-state index contributed by atoms with van der Waals surface area (Å²) in [6.07, 6.45) is 0.0883. The quantitative estimate of drug-likeness (QED) is 0.624. The fourth-order valence-corrected chi connectivity index (χ4v) is 2.73. The molecule has 0 saturated heterocycles. The minimum Gasteiger partial charge on any atom is -0.480 e. The molecule has 0 spiro atoms. The Labute approximate surface area is 167 Å². The van der Waals surface area contributed by atoms with Crippen LogP contribution in [0.3, 0.4) is 0 Å². The number of hydrogen-bond donors (Lipinski definition) is 3. The largest absolute Gasteiger partial charge is 0.480 e. The number of aliphatic carboxylic acids is 1. The molecule has 0 radical (unpaired) electrons. The molecule has 29 heavy (non-hydrogen) atoms. The second-order valence-corrected chi connectivity index (χ2v) is 6.50. The Balaban J connectivity index is 2.12. The molecule has 8 heteroatoms. The molecule has 0 aliphatic carbocycles. The molecule has 0 aliphatic heterocycles. The Morgan fingerprint density at radius 1 is 0.966 bits per heavy atom. The van der Waals surface area contributed by atoms with Gasteiger partial charge in [0.2, 0.25) is 11.8 Å². The number of carboxylic acid groups (broad SMARTS) is 1. The highest BCUT2D eigenvalue weighted by Crippen LogP contribution is 2.09. The molecule has 0 aliphatic rings. The van der Waals surface area contributed by atoms with Crippen LogP contribution in [-0.4, -0.2) is 35.0 Å². The van der Waals surface area contributed by atoms with Crippen LogP contribution in [0.25, 0.3) is 0 Å². The zero-order valence-electron chi connectivity index (χ0n) is 15.7. The zero-order valence-corrected chi connectivity index (χ0v) is 15.7. The summed E-state index contributed by atoms with van der Waals surface area (Å²) in [5.74, 6) is -2.77. The van der Waals surface area contributed by atoms with E-state index in [-0.39, 0.29) is 12.8 Å². The lowest BCUT2D eigenvalue weighted by Gasteiger charge is -2.21. The minimum absolute atomic E-state index is 0.0100. The van der Waals surface area contributed by atoms with Crippen molar-refractivity contribution in [2.75, 3.05) is 0 Å². The van der Waals surface area contributed by atoms with E-state index in [9.17, 15) is 23.9 Å². The Hall–Kier alpha value is -3.73. The van der Waals surface area contributed by atoms with Crippen LogP contribution in [0.4, 0.5) is 4.39 Å². The van der Waals surface area contributed by atoms with Crippen LogP contribution < -0.4 is 10.6 Å². The van der Waals surface area contributed by atoms with Crippen LogP contribution in [-0.2, 0) is 27.2 Å². The Kier molecular flexibility index (Phi) is 7.43. The first kappa shape index (κ1) is 21.6. The van der Waals surface area contributed by atoms with Gasteiger partial charge in [-0.05, 0) is 35.4 Å². The second-order valence-electron chi connectivity index (χ2n) is 6.50. The number of halogens is 1. The number of rotatable bonds is 8. The van der Waals surface area contributed by atoms with Gasteiger partial charge in [-0.2, -0.15) is 5.26 Å². The molecule has 3 N–H and O–H groups in total. The molecule has 2 atom stereocenters. The molecule has 2 amide bonds. The van der Waals surface area contributed by atoms with Crippen molar-refractivity contribution in [1.82, 2.24) is 10.6 Å². The van der Waals surface area contributed by atoms with E-state index in [0.717, 1.165) is 0 Å². The molecule has 150 valence electrons. The predicted octanol–water partition coefficient (Wildman–Crippen LogP) is 1.56. The van der Waals surface area contributed by atoms with Crippen molar-refractivity contribution in [2.24, 2.45) is 0 Å². The van der Waals surface area contributed by atoms with Gasteiger partial charge < -0.3 is 15.7 Å². The fourth-order valence-electron chi connectivity index (χ4n) is 2.73. The lowest BCUT2D eigenvalue weighted by atomic mass is 10.0. The molecular weight excluding hydrogens is 377 g/mol. The second kappa shape index (κ2) is 9.99. The van der Waals surface area contributed by atoms with Gasteiger partial charge in [0.15, 0.2) is 0 Å². The molecule has 0 saturated carbocycles. The van der Waals surface area contributed by atoms with E-state index in [0.29, 0.717) is 16.7 Å². The van der Waals surface area contributed by atoms with Crippen molar-refractivity contribution >= 4 is 17.8 Å². The fraction of sp³-hybridized carbons (Fsp3) is 0.238. The summed E-state index contributed by atoms with van der Waals surface area (Å²) in [4.78, 5) is 35.7. The predicted molar refractivity (Wildman–Crippen MR) is 102 cm³/mol. The first-order chi connectivity index (χ1) is 13.8. The van der Waals surface area contributed by atoms with Gasteiger partial charge in [-0.25, -0.2) is 9.18 Å². The lowest BCUT2D eigenvalue weighted by molar-refractivity contribution is -0.142. The van der Waals surface area contributed by atoms with Gasteiger partial charge in [-0.3, -0.25) is 9.59 Å². The maximum absolute atomic E-state index is 13.1. The van der Waals surface area contributed by atoms with Crippen LogP contribution in [0.1, 0.15) is 23.6 Å². The van der Waals surface area contributed by atoms with Gasteiger partial charge in [-0.15, -0.1) is 0 Å². The number of carboxylic acids is 1. The molecule has 0 bridgehead atoms. The number of nitrogens with zero attached hydrogens (tertiary/aromatic N) is 1. The summed E-state index contributed by atoms with van der Waals surface area (Å²) in [7, 11) is 0. The standard InChI is InChI=1S/C21H20FN3O4/c1-13(26)24-18(10-15-6-8-17(22)9-7-15)20(27)25-19(21(28)29)11-14-2-4-16(12-23)5-3-14/h2-9,18-19H,10-11H2,1H3,(H,24,26)(H,25,27)(H,28,29)/t18-,19+/m1/s1. The third-order valence-corrected chi connectivity index (χ3v) is 4.18. The Bertz CT molecular complexity index is 920. The molecule has 7 nitrogen and oxygen atoms in total. The van der Waals surface area contributed by atoms with E-state index in [2.05, 4.69) is 10.6 Å². The maximum Gasteiger partial charge on any atom is 0.326 e. The monoisotopic (exact) mass is 397 g/mol. The highest BCUT2D eigenvalue weighted by atomic mass is 19.1. The average molecular weight is 397 g/mol. The summed E-state index contributed by atoms with van der Waals surface area (Å²) < 4.78 is 13.1. The number of carbonyl (C=O) groups excluding carboxylic acids is 2. The van der Waals surface area contributed by atoms with Gasteiger partial charge >= 0.3 is 5.97 Å². The molecule has 2 aromatic carbocycles. The Morgan fingerprint density at radius 3 is 1.97 bits per heavy atom. The third kappa shape index (κ3) is 6.74. The smallest absolute Gasteiger partial charge is 0.326 e. The first-order valence-electron chi connectivity index (χ1n) is 8.82. The molecule has 0 unspecified atom stereocenters. The van der Waals surface area contributed by atoms with Crippen LogP contribution in [0.15, 0.2) is 48.5 Å². The summed E-state index contributed by atoms with van der Waals surface area (Å²) in [6, 6.07) is 11.5. The van der Waals surface area contributed by atoms with E-state index in [1.807, 2.05) is 6.07 Å². The SMILES string of the molecule is CC(=O)N[C@H](Cc1ccc(F)cc1)C(=O)N[C@@H](Cc1ccc(C#N)cc1)C(=O)O. The third-order valence-electron chi connectivity index (χ3n) is 4.18. The average Bonchev–Trinajstić information content (AvgIpc) is 2.68. The number of benzene rings is 2. The highest BCUT2D eigenvalue weighted by Gasteiger charge is 2.26. The number of carbonyl (C=O) groups is 3. The normalized spacial score (nSPS) is 12.3. The van der Waals surface area contributed by atoms with Crippen LogP contribution in [0, 0.1) is 17.1 Å². The van der Waals surface area contributed by atoms with E-state index in [1.165, 1.54) is 31.2 Å². The van der Waals surface area contributed by atoms with Crippen LogP contribution in [0.2, 0.25) is 0 Å². The van der Waals surface area contributed by atoms with E-state index < -0.39 is 35.7 Å². The van der Waals surface area contributed by atoms with Gasteiger partial charge in [0.25, 0.3) is 0 Å².